The van der Waals surface area contributed by atoms with E-state index in [-0.39, 0.29) is 11.7 Å². The number of hydrogen-bond donors (Lipinski definition) is 2. The minimum absolute atomic E-state index is 0.348. The summed E-state index contributed by atoms with van der Waals surface area (Å²) in [5, 5.41) is 13.5. The van der Waals surface area contributed by atoms with Gasteiger partial charge in [-0.05, 0) is 42.8 Å². The Morgan fingerprint density at radius 3 is 2.35 bits per heavy atom. The van der Waals surface area contributed by atoms with E-state index in [0.717, 1.165) is 13.0 Å². The van der Waals surface area contributed by atoms with Crippen LogP contribution in [0.4, 0.5) is 16.0 Å². The minimum atomic E-state index is -0.382. The highest BCUT2D eigenvalue weighted by Crippen LogP contribution is 2.09. The lowest BCUT2D eigenvalue weighted by Crippen LogP contribution is -2.13. The molecule has 104 valence electrons. The molecule has 0 spiro atoms. The van der Waals surface area contributed by atoms with E-state index in [9.17, 15) is 9.18 Å². The Labute approximate surface area is 116 Å². The third kappa shape index (κ3) is 3.74. The van der Waals surface area contributed by atoms with Gasteiger partial charge in [-0.1, -0.05) is 6.92 Å². The highest BCUT2D eigenvalue weighted by molar-refractivity contribution is 6.03. The van der Waals surface area contributed by atoms with Crippen molar-refractivity contribution in [3.63, 3.8) is 0 Å². The molecule has 20 heavy (non-hydrogen) atoms. The number of aromatic nitrogens is 2. The quantitative estimate of drug-likeness (QED) is 0.879. The lowest BCUT2D eigenvalue weighted by Gasteiger charge is -2.05. The van der Waals surface area contributed by atoms with Crippen molar-refractivity contribution in [2.75, 3.05) is 17.2 Å². The van der Waals surface area contributed by atoms with Crippen LogP contribution >= 0.6 is 0 Å². The first kappa shape index (κ1) is 13.9. The van der Waals surface area contributed by atoms with Gasteiger partial charge in [0, 0.05) is 12.1 Å². The number of hydrogen-bond acceptors (Lipinski definition) is 4. The second-order valence-corrected chi connectivity index (χ2v) is 4.19. The topological polar surface area (TPSA) is 66.9 Å². The van der Waals surface area contributed by atoms with Crippen molar-refractivity contribution >= 4 is 17.5 Å². The minimum Gasteiger partial charge on any atom is -0.369 e. The monoisotopic (exact) mass is 274 g/mol. The first-order chi connectivity index (χ1) is 9.69. The Balaban J connectivity index is 1.99. The van der Waals surface area contributed by atoms with E-state index in [1.807, 2.05) is 0 Å². The zero-order chi connectivity index (χ0) is 14.4. The van der Waals surface area contributed by atoms with Crippen LogP contribution in [0.2, 0.25) is 0 Å². The maximum Gasteiger partial charge on any atom is 0.256 e. The van der Waals surface area contributed by atoms with Gasteiger partial charge in [0.15, 0.2) is 5.82 Å². The van der Waals surface area contributed by atoms with Gasteiger partial charge in [0.05, 0.1) is 0 Å². The number of nitrogens with zero attached hydrogens (tertiary/aromatic N) is 2. The molecule has 0 aliphatic carbocycles. The largest absolute Gasteiger partial charge is 0.369 e. The molecular weight excluding hydrogens is 259 g/mol. The summed E-state index contributed by atoms with van der Waals surface area (Å²) < 4.78 is 12.8. The Bertz CT molecular complexity index is 569. The molecule has 5 nitrogen and oxygen atoms in total. The van der Waals surface area contributed by atoms with Crippen molar-refractivity contribution in [1.29, 1.82) is 0 Å². The van der Waals surface area contributed by atoms with E-state index in [2.05, 4.69) is 27.8 Å². The van der Waals surface area contributed by atoms with E-state index in [0.29, 0.717) is 17.2 Å². The standard InChI is InChI=1S/C14H15FN4O/c1-2-9-16-12-7-8-13(19-18-12)17-14(20)10-3-5-11(15)6-4-10/h3-8H,2,9H2,1H3,(H,16,18)(H,17,19,20). The summed E-state index contributed by atoms with van der Waals surface area (Å²) in [6.07, 6.45) is 0.991. The molecule has 0 aliphatic heterocycles. The summed E-state index contributed by atoms with van der Waals surface area (Å²) in [5.74, 6) is 0.272. The van der Waals surface area contributed by atoms with Gasteiger partial charge in [-0.2, -0.15) is 0 Å². The normalized spacial score (nSPS) is 10.1. The molecule has 0 bridgehead atoms. The third-order valence-corrected chi connectivity index (χ3v) is 2.57. The summed E-state index contributed by atoms with van der Waals surface area (Å²) >= 11 is 0. The van der Waals surface area contributed by atoms with Gasteiger partial charge in [-0.25, -0.2) is 4.39 Å². The van der Waals surface area contributed by atoms with Crippen LogP contribution < -0.4 is 10.6 Å². The first-order valence-electron chi connectivity index (χ1n) is 6.33. The fourth-order valence-corrected chi connectivity index (χ4v) is 1.54. The van der Waals surface area contributed by atoms with Crippen LogP contribution in [0.25, 0.3) is 0 Å². The molecule has 0 saturated carbocycles. The molecule has 2 N–H and O–H groups in total. The van der Waals surface area contributed by atoms with Crippen molar-refractivity contribution in [1.82, 2.24) is 10.2 Å². The highest BCUT2D eigenvalue weighted by atomic mass is 19.1. The highest BCUT2D eigenvalue weighted by Gasteiger charge is 2.07. The molecule has 1 amide bonds. The molecule has 0 unspecified atom stereocenters. The van der Waals surface area contributed by atoms with Crippen LogP contribution in [0, 0.1) is 5.82 Å². The average molecular weight is 274 g/mol. The molecule has 0 radical (unpaired) electrons. The van der Waals surface area contributed by atoms with Crippen molar-refractivity contribution in [2.24, 2.45) is 0 Å². The van der Waals surface area contributed by atoms with Crippen molar-refractivity contribution in [2.45, 2.75) is 13.3 Å². The average Bonchev–Trinajstić information content (AvgIpc) is 2.47. The molecule has 1 aromatic heterocycles. The number of nitrogens with one attached hydrogen (secondary N) is 2. The Morgan fingerprint density at radius 1 is 1.10 bits per heavy atom. The van der Waals surface area contributed by atoms with E-state index in [4.69, 9.17) is 0 Å². The Kier molecular flexibility index (Phi) is 4.60. The predicted octanol–water partition coefficient (Wildman–Crippen LogP) is 2.69. The predicted molar refractivity (Wildman–Crippen MR) is 75.2 cm³/mol. The summed E-state index contributed by atoms with van der Waals surface area (Å²) in [6, 6.07) is 8.69. The van der Waals surface area contributed by atoms with Crippen LogP contribution in [0.1, 0.15) is 23.7 Å². The Hall–Kier alpha value is -2.50. The molecular formula is C14H15FN4O. The lowest BCUT2D eigenvalue weighted by atomic mass is 10.2. The van der Waals surface area contributed by atoms with Crippen molar-refractivity contribution < 1.29 is 9.18 Å². The van der Waals surface area contributed by atoms with Crippen LogP contribution in [0.3, 0.4) is 0 Å². The van der Waals surface area contributed by atoms with Crippen LogP contribution in [0.15, 0.2) is 36.4 Å². The summed E-state index contributed by atoms with van der Waals surface area (Å²) in [5.41, 5.74) is 0.362. The first-order valence-corrected chi connectivity index (χ1v) is 6.33. The van der Waals surface area contributed by atoms with Crippen LogP contribution in [-0.2, 0) is 0 Å². The third-order valence-electron chi connectivity index (χ3n) is 2.57. The van der Waals surface area contributed by atoms with Crippen molar-refractivity contribution in [3.05, 3.63) is 47.8 Å². The molecule has 0 aliphatic rings. The van der Waals surface area contributed by atoms with Gasteiger partial charge < -0.3 is 10.6 Å². The summed E-state index contributed by atoms with van der Waals surface area (Å²) in [6.45, 7) is 2.87. The molecule has 0 fully saturated rings. The van der Waals surface area contributed by atoms with Gasteiger partial charge in [0.2, 0.25) is 0 Å². The second kappa shape index (κ2) is 6.60. The maximum absolute atomic E-state index is 12.8. The fraction of sp³-hybridized carbons (Fsp3) is 0.214. The lowest BCUT2D eigenvalue weighted by molar-refractivity contribution is 0.102. The van der Waals surface area contributed by atoms with E-state index in [1.165, 1.54) is 24.3 Å². The molecule has 6 heteroatoms. The molecule has 1 heterocycles. The summed E-state index contributed by atoms with van der Waals surface area (Å²) in [4.78, 5) is 11.9. The van der Waals surface area contributed by atoms with Crippen LogP contribution in [0.5, 0.6) is 0 Å². The van der Waals surface area contributed by atoms with Gasteiger partial charge >= 0.3 is 0 Å². The van der Waals surface area contributed by atoms with E-state index < -0.39 is 0 Å². The number of carbonyl (C=O) groups excluding carboxylic acids is 1. The number of amides is 1. The molecule has 2 rings (SSSR count). The van der Waals surface area contributed by atoms with E-state index in [1.54, 1.807) is 12.1 Å². The van der Waals surface area contributed by atoms with Gasteiger partial charge in [-0.3, -0.25) is 4.79 Å². The number of carbonyl (C=O) groups is 1. The number of anilines is 2. The van der Waals surface area contributed by atoms with Gasteiger partial charge in [0.25, 0.3) is 5.91 Å². The van der Waals surface area contributed by atoms with Gasteiger partial charge in [-0.15, -0.1) is 10.2 Å². The second-order valence-electron chi connectivity index (χ2n) is 4.19. The van der Waals surface area contributed by atoms with Gasteiger partial charge in [0.1, 0.15) is 11.6 Å². The zero-order valence-corrected chi connectivity index (χ0v) is 11.1. The number of benzene rings is 1. The molecule has 2 aromatic rings. The van der Waals surface area contributed by atoms with Crippen LogP contribution in [-0.4, -0.2) is 22.6 Å². The fourth-order valence-electron chi connectivity index (χ4n) is 1.54. The zero-order valence-electron chi connectivity index (χ0n) is 11.1. The smallest absolute Gasteiger partial charge is 0.256 e. The summed E-state index contributed by atoms with van der Waals surface area (Å²) in [7, 11) is 0. The number of rotatable bonds is 5. The molecule has 0 atom stereocenters. The number of halogens is 1. The maximum atomic E-state index is 12.8. The Morgan fingerprint density at radius 2 is 1.75 bits per heavy atom. The van der Waals surface area contributed by atoms with Crippen molar-refractivity contribution in [3.8, 4) is 0 Å². The molecule has 1 aromatic carbocycles. The molecule has 0 saturated heterocycles. The van der Waals surface area contributed by atoms with E-state index >= 15 is 0 Å². The SMILES string of the molecule is CCCNc1ccc(NC(=O)c2ccc(F)cc2)nn1.